The molecule has 2 fully saturated rings. The molecule has 2 atom stereocenters. The number of carbonyl (C=O) groups is 2. The minimum atomic E-state index is -0.263. The van der Waals surface area contributed by atoms with Gasteiger partial charge in [-0.1, -0.05) is 19.1 Å². The molecule has 26 heavy (non-hydrogen) atoms. The van der Waals surface area contributed by atoms with E-state index in [2.05, 4.69) is 17.6 Å². The Bertz CT molecular complexity index is 641. The Kier molecular flexibility index (Phi) is 5.91. The second-order valence-electron chi connectivity index (χ2n) is 7.54. The van der Waals surface area contributed by atoms with Crippen LogP contribution >= 0.6 is 0 Å². The fourth-order valence-electron chi connectivity index (χ4n) is 3.61. The van der Waals surface area contributed by atoms with Gasteiger partial charge in [0.2, 0.25) is 11.8 Å². The lowest BCUT2D eigenvalue weighted by atomic mass is 9.74. The Hall–Kier alpha value is -1.95. The van der Waals surface area contributed by atoms with Gasteiger partial charge in [0.05, 0.1) is 0 Å². The van der Waals surface area contributed by atoms with Crippen LogP contribution in [0.25, 0.3) is 0 Å². The van der Waals surface area contributed by atoms with Gasteiger partial charge in [-0.25, -0.2) is 4.39 Å². The molecule has 2 N–H and O–H groups in total. The monoisotopic (exact) mass is 362 g/mol. The van der Waals surface area contributed by atoms with Gasteiger partial charge in [0.1, 0.15) is 5.82 Å². The molecule has 2 aliphatic rings. The first-order valence-electron chi connectivity index (χ1n) is 9.38. The molecule has 1 heterocycles. The lowest BCUT2D eigenvalue weighted by molar-refractivity contribution is -0.123. The van der Waals surface area contributed by atoms with Crippen LogP contribution in [-0.2, 0) is 19.7 Å². The number of amides is 2. The highest BCUT2D eigenvalue weighted by Gasteiger charge is 2.39. The average Bonchev–Trinajstić information content (AvgIpc) is 3.38. The Morgan fingerprint density at radius 3 is 2.46 bits per heavy atom. The van der Waals surface area contributed by atoms with E-state index in [1.54, 1.807) is 12.1 Å². The van der Waals surface area contributed by atoms with Gasteiger partial charge >= 0.3 is 0 Å². The van der Waals surface area contributed by atoms with Crippen LogP contribution in [0.3, 0.4) is 0 Å². The van der Waals surface area contributed by atoms with E-state index in [0.29, 0.717) is 32.2 Å². The molecule has 2 amide bonds. The fraction of sp³-hybridized carbons (Fsp3) is 0.600. The largest absolute Gasteiger partial charge is 0.381 e. The molecule has 142 valence electrons. The maximum absolute atomic E-state index is 13.3. The maximum Gasteiger partial charge on any atom is 0.223 e. The molecule has 0 unspecified atom stereocenters. The molecule has 0 bridgehead atoms. The molecule has 0 radical (unpaired) electrons. The first-order valence-corrected chi connectivity index (χ1v) is 9.38. The number of hydrogen-bond acceptors (Lipinski definition) is 3. The summed E-state index contributed by atoms with van der Waals surface area (Å²) in [5.41, 5.74) is 0.799. The van der Waals surface area contributed by atoms with Gasteiger partial charge in [0, 0.05) is 44.1 Å². The van der Waals surface area contributed by atoms with E-state index in [-0.39, 0.29) is 35.4 Å². The summed E-state index contributed by atoms with van der Waals surface area (Å²) in [6, 6.07) is 6.51. The Morgan fingerprint density at radius 2 is 1.85 bits per heavy atom. The molecule has 1 saturated heterocycles. The van der Waals surface area contributed by atoms with Crippen LogP contribution in [-0.4, -0.2) is 38.1 Å². The third kappa shape index (κ3) is 4.61. The third-order valence-corrected chi connectivity index (χ3v) is 5.63. The number of hydrogen-bond donors (Lipinski definition) is 2. The standard InChI is InChI=1S/C20H27FN2O3/c1-14-12-17(14)19(25)22-9-6-18(24)23-13-20(7-10-26-11-8-20)15-2-4-16(21)5-3-15/h2-5,14,17H,6-13H2,1H3,(H,22,25)(H,23,24)/t14-,17-/m1/s1. The number of benzene rings is 1. The zero-order chi connectivity index (χ0) is 18.6. The van der Waals surface area contributed by atoms with Gasteiger partial charge in [0.15, 0.2) is 0 Å². The van der Waals surface area contributed by atoms with E-state index in [9.17, 15) is 14.0 Å². The SMILES string of the molecule is C[C@@H]1C[C@H]1C(=O)NCCC(=O)NCC1(c2ccc(F)cc2)CCOCC1. The predicted octanol–water partition coefficient (Wildman–Crippen LogP) is 2.15. The Morgan fingerprint density at radius 1 is 1.19 bits per heavy atom. The van der Waals surface area contributed by atoms with Crippen molar-refractivity contribution < 1.29 is 18.7 Å². The molecule has 1 aromatic carbocycles. The van der Waals surface area contributed by atoms with Crippen molar-refractivity contribution in [1.29, 1.82) is 0 Å². The van der Waals surface area contributed by atoms with Crippen LogP contribution < -0.4 is 10.6 Å². The molecule has 1 saturated carbocycles. The second-order valence-corrected chi connectivity index (χ2v) is 7.54. The molecule has 1 aliphatic heterocycles. The molecule has 0 aromatic heterocycles. The number of carbonyl (C=O) groups excluding carboxylic acids is 2. The van der Waals surface area contributed by atoms with Crippen molar-refractivity contribution in [1.82, 2.24) is 10.6 Å². The lowest BCUT2D eigenvalue weighted by Crippen LogP contribution is -2.45. The number of halogens is 1. The van der Waals surface area contributed by atoms with Gasteiger partial charge in [-0.15, -0.1) is 0 Å². The summed E-state index contributed by atoms with van der Waals surface area (Å²) in [5.74, 6) is 0.301. The van der Waals surface area contributed by atoms with E-state index < -0.39 is 0 Å². The molecule has 5 nitrogen and oxygen atoms in total. The summed E-state index contributed by atoms with van der Waals surface area (Å²) < 4.78 is 18.7. The van der Waals surface area contributed by atoms with Gasteiger partial charge in [-0.3, -0.25) is 9.59 Å². The van der Waals surface area contributed by atoms with Crippen molar-refractivity contribution >= 4 is 11.8 Å². The maximum atomic E-state index is 13.3. The van der Waals surface area contributed by atoms with Crippen LogP contribution in [0.1, 0.15) is 38.2 Å². The van der Waals surface area contributed by atoms with Crippen LogP contribution in [0.4, 0.5) is 4.39 Å². The summed E-state index contributed by atoms with van der Waals surface area (Å²) in [7, 11) is 0. The highest BCUT2D eigenvalue weighted by molar-refractivity contribution is 5.82. The molecule has 0 spiro atoms. The lowest BCUT2D eigenvalue weighted by Gasteiger charge is -2.38. The van der Waals surface area contributed by atoms with Crippen molar-refractivity contribution in [2.45, 2.75) is 38.0 Å². The van der Waals surface area contributed by atoms with Crippen molar-refractivity contribution in [3.8, 4) is 0 Å². The van der Waals surface area contributed by atoms with E-state index in [1.165, 1.54) is 12.1 Å². The molecule has 3 rings (SSSR count). The molecular weight excluding hydrogens is 335 g/mol. The van der Waals surface area contributed by atoms with Crippen LogP contribution in [0, 0.1) is 17.7 Å². The molecular formula is C20H27FN2O3. The van der Waals surface area contributed by atoms with Gasteiger partial charge in [0.25, 0.3) is 0 Å². The summed E-state index contributed by atoms with van der Waals surface area (Å²) in [6.45, 7) is 4.17. The zero-order valence-electron chi connectivity index (χ0n) is 15.2. The van der Waals surface area contributed by atoms with E-state index >= 15 is 0 Å². The normalized spacial score (nSPS) is 23.9. The summed E-state index contributed by atoms with van der Waals surface area (Å²) in [5, 5.41) is 5.82. The zero-order valence-corrected chi connectivity index (χ0v) is 15.2. The Labute approximate surface area is 153 Å². The summed E-state index contributed by atoms with van der Waals surface area (Å²) in [6.07, 6.45) is 2.79. The number of ether oxygens (including phenoxy) is 1. The number of nitrogens with one attached hydrogen (secondary N) is 2. The average molecular weight is 362 g/mol. The van der Waals surface area contributed by atoms with Crippen molar-refractivity contribution in [3.05, 3.63) is 35.6 Å². The highest BCUT2D eigenvalue weighted by atomic mass is 19.1. The first-order chi connectivity index (χ1) is 12.5. The minimum absolute atomic E-state index is 0.0533. The minimum Gasteiger partial charge on any atom is -0.381 e. The van der Waals surface area contributed by atoms with E-state index in [1.807, 2.05) is 0 Å². The van der Waals surface area contributed by atoms with Gasteiger partial charge in [-0.05, 0) is 42.9 Å². The van der Waals surface area contributed by atoms with E-state index in [0.717, 1.165) is 24.8 Å². The van der Waals surface area contributed by atoms with Crippen molar-refractivity contribution in [2.75, 3.05) is 26.3 Å². The molecule has 6 heteroatoms. The van der Waals surface area contributed by atoms with Crippen LogP contribution in [0.15, 0.2) is 24.3 Å². The topological polar surface area (TPSA) is 67.4 Å². The van der Waals surface area contributed by atoms with Gasteiger partial charge in [-0.2, -0.15) is 0 Å². The summed E-state index contributed by atoms with van der Waals surface area (Å²) in [4.78, 5) is 24.0. The third-order valence-electron chi connectivity index (χ3n) is 5.63. The first kappa shape index (κ1) is 18.8. The highest BCUT2D eigenvalue weighted by Crippen LogP contribution is 2.37. The van der Waals surface area contributed by atoms with Crippen molar-refractivity contribution in [2.24, 2.45) is 11.8 Å². The second kappa shape index (κ2) is 8.16. The quantitative estimate of drug-likeness (QED) is 0.781. The van der Waals surface area contributed by atoms with E-state index in [4.69, 9.17) is 4.74 Å². The van der Waals surface area contributed by atoms with Gasteiger partial charge < -0.3 is 15.4 Å². The van der Waals surface area contributed by atoms with Crippen molar-refractivity contribution in [3.63, 3.8) is 0 Å². The molecule has 1 aromatic rings. The fourth-order valence-corrected chi connectivity index (χ4v) is 3.61. The predicted molar refractivity (Wildman–Crippen MR) is 96.0 cm³/mol. The molecule has 1 aliphatic carbocycles. The van der Waals surface area contributed by atoms with Crippen LogP contribution in [0.5, 0.6) is 0 Å². The summed E-state index contributed by atoms with van der Waals surface area (Å²) >= 11 is 0. The number of rotatable bonds is 7. The Balaban J connectivity index is 1.50. The van der Waals surface area contributed by atoms with Crippen LogP contribution in [0.2, 0.25) is 0 Å². The smallest absolute Gasteiger partial charge is 0.223 e.